The van der Waals surface area contributed by atoms with E-state index in [1.807, 2.05) is 12.1 Å². The Balaban J connectivity index is 1.45. The summed E-state index contributed by atoms with van der Waals surface area (Å²) in [6.07, 6.45) is 4.60. The van der Waals surface area contributed by atoms with E-state index in [0.717, 1.165) is 87.2 Å². The molecule has 1 atom stereocenters. The fourth-order valence-electron chi connectivity index (χ4n) is 4.28. The van der Waals surface area contributed by atoms with Gasteiger partial charge in [-0.15, -0.1) is 0 Å². The van der Waals surface area contributed by atoms with Crippen LogP contribution in [-0.4, -0.2) is 86.4 Å². The van der Waals surface area contributed by atoms with Gasteiger partial charge < -0.3 is 14.5 Å². The van der Waals surface area contributed by atoms with Crippen LogP contribution in [0.5, 0.6) is 0 Å². The predicted octanol–water partition coefficient (Wildman–Crippen LogP) is 2.93. The van der Waals surface area contributed by atoms with Crippen molar-refractivity contribution >= 4 is 30.3 Å². The van der Waals surface area contributed by atoms with Crippen LogP contribution < -0.4 is 0 Å². The van der Waals surface area contributed by atoms with E-state index in [0.29, 0.717) is 13.1 Å². The van der Waals surface area contributed by atoms with E-state index in [4.69, 9.17) is 14.7 Å². The lowest BCUT2D eigenvalue weighted by Gasteiger charge is -2.30. The minimum Gasteiger partial charge on any atom is -0.378 e. The third kappa shape index (κ3) is 6.17. The molecular weight excluding hydrogens is 412 g/mol. The van der Waals surface area contributed by atoms with Crippen LogP contribution in [0.15, 0.2) is 50.8 Å². The number of amidine groups is 2. The first kappa shape index (κ1) is 22.9. The number of hydrogen-bond acceptors (Lipinski definition) is 5. The van der Waals surface area contributed by atoms with Gasteiger partial charge in [-0.2, -0.15) is 0 Å². The van der Waals surface area contributed by atoms with Crippen molar-refractivity contribution in [3.05, 3.63) is 42.0 Å². The summed E-state index contributed by atoms with van der Waals surface area (Å²) in [5.41, 5.74) is 2.91. The van der Waals surface area contributed by atoms with Crippen LogP contribution in [0, 0.1) is 11.8 Å². The summed E-state index contributed by atoms with van der Waals surface area (Å²) in [5.74, 6) is 8.46. The van der Waals surface area contributed by atoms with Gasteiger partial charge in [0.2, 0.25) is 0 Å². The Morgan fingerprint density at radius 3 is 2.73 bits per heavy atom. The van der Waals surface area contributed by atoms with Crippen molar-refractivity contribution in [3.63, 3.8) is 0 Å². The van der Waals surface area contributed by atoms with E-state index >= 15 is 0 Å². The summed E-state index contributed by atoms with van der Waals surface area (Å²) in [6.45, 7) is 14.0. The first-order valence-electron chi connectivity index (χ1n) is 11.6. The Bertz CT molecular complexity index is 992. The van der Waals surface area contributed by atoms with Crippen molar-refractivity contribution in [2.75, 3.05) is 45.9 Å². The summed E-state index contributed by atoms with van der Waals surface area (Å²) in [7, 11) is 0. The molecule has 2 saturated heterocycles. The van der Waals surface area contributed by atoms with Gasteiger partial charge in [0.25, 0.3) is 0 Å². The SMILES string of the molecule is C=NCc1ccc(C(=C)N=C(CCN=C2CCCN2C2C#CC=NC2)N2CCOCC2)cc1. The third-order valence-corrected chi connectivity index (χ3v) is 6.04. The van der Waals surface area contributed by atoms with E-state index in [2.05, 4.69) is 57.1 Å². The fraction of sp³-hybridized carbons (Fsp3) is 0.462. The summed E-state index contributed by atoms with van der Waals surface area (Å²) in [4.78, 5) is 22.8. The molecule has 33 heavy (non-hydrogen) atoms. The van der Waals surface area contributed by atoms with Crippen LogP contribution in [0.1, 0.15) is 30.4 Å². The molecule has 1 unspecified atom stereocenters. The highest BCUT2D eigenvalue weighted by atomic mass is 16.5. The Kier molecular flexibility index (Phi) is 8.04. The molecule has 0 spiro atoms. The van der Waals surface area contributed by atoms with E-state index < -0.39 is 0 Å². The van der Waals surface area contributed by atoms with E-state index in [1.165, 1.54) is 0 Å². The minimum absolute atomic E-state index is 0.155. The molecule has 0 saturated carbocycles. The Hall–Kier alpha value is -3.24. The number of hydrogen-bond donors (Lipinski definition) is 0. The number of likely N-dealkylation sites (tertiary alicyclic amines) is 1. The average Bonchev–Trinajstić information content (AvgIpc) is 3.34. The second-order valence-electron chi connectivity index (χ2n) is 8.30. The van der Waals surface area contributed by atoms with Crippen molar-refractivity contribution in [2.24, 2.45) is 20.0 Å². The summed E-state index contributed by atoms with van der Waals surface area (Å²) < 4.78 is 5.55. The summed E-state index contributed by atoms with van der Waals surface area (Å²) in [5, 5.41) is 0. The molecule has 0 radical (unpaired) electrons. The van der Waals surface area contributed by atoms with Crippen LogP contribution in [0.25, 0.3) is 5.70 Å². The first-order valence-corrected chi connectivity index (χ1v) is 11.6. The molecule has 1 aromatic carbocycles. The van der Waals surface area contributed by atoms with Crippen molar-refractivity contribution in [2.45, 2.75) is 31.8 Å². The van der Waals surface area contributed by atoms with Gasteiger partial charge in [0.1, 0.15) is 11.9 Å². The average molecular weight is 445 g/mol. The van der Waals surface area contributed by atoms with Crippen molar-refractivity contribution in [3.8, 4) is 11.8 Å². The molecule has 2 fully saturated rings. The highest BCUT2D eigenvalue weighted by molar-refractivity contribution is 5.89. The van der Waals surface area contributed by atoms with Gasteiger partial charge in [-0.25, -0.2) is 4.99 Å². The molecule has 0 N–H and O–H groups in total. The zero-order valence-electron chi connectivity index (χ0n) is 19.2. The highest BCUT2D eigenvalue weighted by Gasteiger charge is 2.25. The van der Waals surface area contributed by atoms with Crippen LogP contribution in [0.2, 0.25) is 0 Å². The number of morpholine rings is 1. The van der Waals surface area contributed by atoms with Crippen molar-refractivity contribution < 1.29 is 4.74 Å². The van der Waals surface area contributed by atoms with Crippen LogP contribution in [-0.2, 0) is 11.3 Å². The lowest BCUT2D eigenvalue weighted by atomic mass is 10.1. The molecule has 7 nitrogen and oxygen atoms in total. The molecule has 0 bridgehead atoms. The Morgan fingerprint density at radius 2 is 2.00 bits per heavy atom. The molecule has 0 amide bonds. The topological polar surface area (TPSA) is 65.2 Å². The maximum absolute atomic E-state index is 5.55. The maximum Gasteiger partial charge on any atom is 0.111 e. The molecule has 1 aromatic rings. The Labute approximate surface area is 196 Å². The monoisotopic (exact) mass is 444 g/mol. The van der Waals surface area contributed by atoms with Gasteiger partial charge in [-0.3, -0.25) is 15.0 Å². The van der Waals surface area contributed by atoms with Gasteiger partial charge in [0.15, 0.2) is 0 Å². The maximum atomic E-state index is 5.55. The normalized spacial score (nSPS) is 21.8. The van der Waals surface area contributed by atoms with E-state index in [9.17, 15) is 0 Å². The van der Waals surface area contributed by atoms with E-state index in [-0.39, 0.29) is 6.04 Å². The fourth-order valence-corrected chi connectivity index (χ4v) is 4.28. The van der Waals surface area contributed by atoms with Crippen LogP contribution in [0.3, 0.4) is 0 Å². The molecule has 3 aliphatic heterocycles. The lowest BCUT2D eigenvalue weighted by molar-refractivity contribution is 0.0673. The number of ether oxygens (including phenoxy) is 1. The first-order chi connectivity index (χ1) is 16.2. The quantitative estimate of drug-likeness (QED) is 0.352. The van der Waals surface area contributed by atoms with E-state index in [1.54, 1.807) is 6.21 Å². The smallest absolute Gasteiger partial charge is 0.111 e. The molecule has 3 heterocycles. The van der Waals surface area contributed by atoms with Crippen molar-refractivity contribution in [1.29, 1.82) is 0 Å². The summed E-state index contributed by atoms with van der Waals surface area (Å²) >= 11 is 0. The zero-order chi connectivity index (χ0) is 22.9. The second-order valence-corrected chi connectivity index (χ2v) is 8.30. The molecule has 0 aliphatic carbocycles. The molecule has 4 rings (SSSR count). The molecule has 172 valence electrons. The standard InChI is InChI=1S/C26H32N6O/c1-21(23-9-7-22(8-10-23)19-27-2)30-26(31-15-17-33-18-16-31)11-13-29-25-6-4-14-32(25)24-5-3-12-28-20-24/h7-10,12,24H,1-2,4,6,11,13-20H2. The van der Waals surface area contributed by atoms with Crippen molar-refractivity contribution in [1.82, 2.24) is 9.80 Å². The largest absolute Gasteiger partial charge is 0.378 e. The summed E-state index contributed by atoms with van der Waals surface area (Å²) in [6, 6.07) is 8.36. The van der Waals surface area contributed by atoms with Gasteiger partial charge in [-0.05, 0) is 24.3 Å². The highest BCUT2D eigenvalue weighted by Crippen LogP contribution is 2.19. The van der Waals surface area contributed by atoms with Gasteiger partial charge in [-0.1, -0.05) is 42.7 Å². The third-order valence-electron chi connectivity index (χ3n) is 6.04. The van der Waals surface area contributed by atoms with Crippen LogP contribution in [0.4, 0.5) is 0 Å². The number of nitrogens with zero attached hydrogens (tertiary/aromatic N) is 6. The lowest BCUT2D eigenvalue weighted by Crippen LogP contribution is -2.41. The second kappa shape index (κ2) is 11.6. The molecular formula is C26H32N6O. The van der Waals surface area contributed by atoms with Gasteiger partial charge >= 0.3 is 0 Å². The number of aliphatic imine (C=N–C) groups is 4. The predicted molar refractivity (Wildman–Crippen MR) is 136 cm³/mol. The Morgan fingerprint density at radius 1 is 1.18 bits per heavy atom. The molecule has 3 aliphatic rings. The van der Waals surface area contributed by atoms with Crippen LogP contribution >= 0.6 is 0 Å². The van der Waals surface area contributed by atoms with Gasteiger partial charge in [0, 0.05) is 39.0 Å². The number of benzene rings is 1. The van der Waals surface area contributed by atoms with Gasteiger partial charge in [0.05, 0.1) is 44.1 Å². The minimum atomic E-state index is 0.155. The molecule has 0 aromatic heterocycles. The zero-order valence-corrected chi connectivity index (χ0v) is 19.2. The molecule has 7 heteroatoms. The number of rotatable bonds is 8.